The maximum Gasteiger partial charge on any atom is 0.350 e. The van der Waals surface area contributed by atoms with Gasteiger partial charge in [-0.2, -0.15) is 0 Å². The average molecular weight is 474 g/mol. The van der Waals surface area contributed by atoms with Crippen molar-refractivity contribution in [2.75, 3.05) is 47.9 Å². The quantitative estimate of drug-likeness (QED) is 0.440. The number of rotatable bonds is 7. The predicted molar refractivity (Wildman–Crippen MR) is 134 cm³/mol. The molecule has 0 radical (unpaired) electrons. The van der Waals surface area contributed by atoms with Gasteiger partial charge in [-0.3, -0.25) is 4.79 Å². The number of hydrogen-bond donors (Lipinski definition) is 1. The number of hydrogen-bond acceptors (Lipinski definition) is 7. The molecule has 0 bridgehead atoms. The highest BCUT2D eigenvalue weighted by Crippen LogP contribution is 2.21. The molecule has 3 heterocycles. The molecule has 1 amide bonds. The minimum absolute atomic E-state index is 0.199. The van der Waals surface area contributed by atoms with E-state index in [0.29, 0.717) is 23.8 Å². The lowest BCUT2D eigenvalue weighted by Crippen LogP contribution is -2.47. The fourth-order valence-electron chi connectivity index (χ4n) is 4.21. The van der Waals surface area contributed by atoms with Crippen LogP contribution in [0, 0.1) is 0 Å². The molecule has 10 nitrogen and oxygen atoms in total. The molecule has 0 unspecified atom stereocenters. The second-order valence-corrected chi connectivity index (χ2v) is 8.20. The third-order valence-corrected chi connectivity index (χ3v) is 5.93. The molecule has 1 saturated heterocycles. The van der Waals surface area contributed by atoms with Crippen LogP contribution in [-0.2, 0) is 11.3 Å². The molecular weight excluding hydrogens is 446 g/mol. The van der Waals surface area contributed by atoms with E-state index in [9.17, 15) is 9.59 Å². The molecular formula is C25H27N7O3. The van der Waals surface area contributed by atoms with Crippen molar-refractivity contribution in [3.8, 4) is 5.75 Å². The van der Waals surface area contributed by atoms with Gasteiger partial charge in [-0.1, -0.05) is 18.2 Å². The molecule has 2 aromatic heterocycles. The number of nitrogens with zero attached hydrogens (tertiary/aromatic N) is 6. The number of benzene rings is 2. The van der Waals surface area contributed by atoms with Crippen LogP contribution in [0.2, 0.25) is 0 Å². The molecule has 5 rings (SSSR count). The van der Waals surface area contributed by atoms with Gasteiger partial charge in [0.25, 0.3) is 0 Å². The summed E-state index contributed by atoms with van der Waals surface area (Å²) in [6, 6.07) is 17.4. The Morgan fingerprint density at radius 2 is 1.71 bits per heavy atom. The third-order valence-electron chi connectivity index (χ3n) is 5.93. The molecule has 0 saturated carbocycles. The van der Waals surface area contributed by atoms with E-state index in [1.165, 1.54) is 14.8 Å². The SMILES string of the molecule is CCOc1ccc(NC(=O)Cn2nc3c(N4CCN(c5ccccc5)CC4)nccn3c2=O)cc1. The summed E-state index contributed by atoms with van der Waals surface area (Å²) >= 11 is 0. The zero-order valence-electron chi connectivity index (χ0n) is 19.5. The third kappa shape index (κ3) is 4.81. The Labute approximate surface area is 202 Å². The van der Waals surface area contributed by atoms with Crippen LogP contribution in [0.4, 0.5) is 17.2 Å². The molecule has 0 atom stereocenters. The van der Waals surface area contributed by atoms with Crippen molar-refractivity contribution < 1.29 is 9.53 Å². The summed E-state index contributed by atoms with van der Waals surface area (Å²) in [5, 5.41) is 7.25. The van der Waals surface area contributed by atoms with Crippen molar-refractivity contribution in [3.05, 3.63) is 77.5 Å². The fraction of sp³-hybridized carbons (Fsp3) is 0.280. The Balaban J connectivity index is 1.29. The molecule has 1 fully saturated rings. The average Bonchev–Trinajstić information content (AvgIpc) is 3.21. The number of carbonyl (C=O) groups is 1. The van der Waals surface area contributed by atoms with Crippen LogP contribution in [0.3, 0.4) is 0 Å². The maximum atomic E-state index is 12.9. The summed E-state index contributed by atoms with van der Waals surface area (Å²) in [5.74, 6) is 1.03. The Morgan fingerprint density at radius 1 is 1.00 bits per heavy atom. The van der Waals surface area contributed by atoms with Crippen LogP contribution in [-0.4, -0.2) is 57.9 Å². The topological polar surface area (TPSA) is 97.0 Å². The lowest BCUT2D eigenvalue weighted by Gasteiger charge is -2.36. The van der Waals surface area contributed by atoms with Gasteiger partial charge < -0.3 is 19.9 Å². The van der Waals surface area contributed by atoms with Crippen molar-refractivity contribution in [1.82, 2.24) is 19.2 Å². The van der Waals surface area contributed by atoms with Crippen molar-refractivity contribution in [3.63, 3.8) is 0 Å². The summed E-state index contributed by atoms with van der Waals surface area (Å²) in [4.78, 5) is 34.5. The van der Waals surface area contributed by atoms with E-state index in [2.05, 4.69) is 37.3 Å². The smallest absolute Gasteiger partial charge is 0.350 e. The Kier molecular flexibility index (Phi) is 6.34. The number of aromatic nitrogens is 4. The lowest BCUT2D eigenvalue weighted by atomic mass is 10.2. The van der Waals surface area contributed by atoms with Gasteiger partial charge in [0, 0.05) is 49.9 Å². The second-order valence-electron chi connectivity index (χ2n) is 8.20. The number of fused-ring (bicyclic) bond motifs is 1. The molecule has 0 spiro atoms. The molecule has 2 aromatic carbocycles. The summed E-state index contributed by atoms with van der Waals surface area (Å²) in [6.07, 6.45) is 3.18. The lowest BCUT2D eigenvalue weighted by molar-refractivity contribution is -0.117. The highest BCUT2D eigenvalue weighted by Gasteiger charge is 2.22. The first-order valence-electron chi connectivity index (χ1n) is 11.6. The predicted octanol–water partition coefficient (Wildman–Crippen LogP) is 2.25. The monoisotopic (exact) mass is 473 g/mol. The van der Waals surface area contributed by atoms with Gasteiger partial charge in [-0.05, 0) is 43.3 Å². The molecule has 1 aliphatic rings. The Morgan fingerprint density at radius 3 is 2.43 bits per heavy atom. The van der Waals surface area contributed by atoms with Crippen molar-refractivity contribution in [2.45, 2.75) is 13.5 Å². The summed E-state index contributed by atoms with van der Waals surface area (Å²) in [5.41, 5.74) is 1.87. The molecule has 10 heteroatoms. The van der Waals surface area contributed by atoms with Gasteiger partial charge in [0.15, 0.2) is 5.82 Å². The normalized spacial score (nSPS) is 13.7. The molecule has 4 aromatic rings. The van der Waals surface area contributed by atoms with Gasteiger partial charge in [0.1, 0.15) is 12.3 Å². The van der Waals surface area contributed by atoms with Gasteiger partial charge in [0.05, 0.1) is 6.61 Å². The number of carbonyl (C=O) groups excluding carboxylic acids is 1. The zero-order chi connectivity index (χ0) is 24.2. The minimum atomic E-state index is -0.381. The van der Waals surface area contributed by atoms with Crippen LogP contribution in [0.5, 0.6) is 5.75 Å². The summed E-state index contributed by atoms with van der Waals surface area (Å²) in [6.45, 7) is 5.46. The van der Waals surface area contributed by atoms with Crippen molar-refractivity contribution in [2.24, 2.45) is 0 Å². The zero-order valence-corrected chi connectivity index (χ0v) is 19.5. The number of ether oxygens (including phenoxy) is 1. The van der Waals surface area contributed by atoms with E-state index in [-0.39, 0.29) is 18.1 Å². The highest BCUT2D eigenvalue weighted by molar-refractivity contribution is 5.90. The first-order valence-corrected chi connectivity index (χ1v) is 11.6. The molecule has 1 aliphatic heterocycles. The van der Waals surface area contributed by atoms with E-state index in [0.717, 1.165) is 31.9 Å². The van der Waals surface area contributed by atoms with E-state index >= 15 is 0 Å². The van der Waals surface area contributed by atoms with Gasteiger partial charge >= 0.3 is 5.69 Å². The standard InChI is InChI=1S/C25H27N7O3/c1-2-35-21-10-8-19(9-11-21)27-22(33)18-32-25(34)31-13-12-26-23(24(31)28-32)30-16-14-29(15-17-30)20-6-4-3-5-7-20/h3-13H,2,14-18H2,1H3,(H,27,33). The maximum absolute atomic E-state index is 12.9. The van der Waals surface area contributed by atoms with E-state index in [4.69, 9.17) is 4.74 Å². The van der Waals surface area contributed by atoms with Crippen LogP contribution >= 0.6 is 0 Å². The molecule has 180 valence electrons. The van der Waals surface area contributed by atoms with E-state index < -0.39 is 0 Å². The molecule has 1 N–H and O–H groups in total. The molecule has 35 heavy (non-hydrogen) atoms. The summed E-state index contributed by atoms with van der Waals surface area (Å²) < 4.78 is 8.03. The van der Waals surface area contributed by atoms with Crippen LogP contribution in [0.15, 0.2) is 71.8 Å². The van der Waals surface area contributed by atoms with E-state index in [1.807, 2.05) is 25.1 Å². The minimum Gasteiger partial charge on any atom is -0.494 e. The van der Waals surface area contributed by atoms with Crippen molar-refractivity contribution in [1.29, 1.82) is 0 Å². The summed E-state index contributed by atoms with van der Waals surface area (Å²) in [7, 11) is 0. The van der Waals surface area contributed by atoms with Crippen LogP contribution in [0.25, 0.3) is 5.65 Å². The van der Waals surface area contributed by atoms with Crippen LogP contribution < -0.4 is 25.5 Å². The first-order chi connectivity index (χ1) is 17.1. The number of anilines is 3. The largest absolute Gasteiger partial charge is 0.494 e. The second kappa shape index (κ2) is 9.88. The highest BCUT2D eigenvalue weighted by atomic mass is 16.5. The fourth-order valence-corrected chi connectivity index (χ4v) is 4.21. The first kappa shape index (κ1) is 22.5. The van der Waals surface area contributed by atoms with Crippen LogP contribution in [0.1, 0.15) is 6.92 Å². The number of amides is 1. The van der Waals surface area contributed by atoms with Gasteiger partial charge in [-0.15, -0.1) is 5.10 Å². The number of para-hydroxylation sites is 1. The van der Waals surface area contributed by atoms with Gasteiger partial charge in [0.2, 0.25) is 11.6 Å². The molecule has 0 aliphatic carbocycles. The number of piperazine rings is 1. The van der Waals surface area contributed by atoms with E-state index in [1.54, 1.807) is 36.7 Å². The van der Waals surface area contributed by atoms with Crippen molar-refractivity contribution >= 4 is 28.7 Å². The number of nitrogens with one attached hydrogen (secondary N) is 1. The Hall–Kier alpha value is -4.34. The Bertz CT molecular complexity index is 1360. The van der Waals surface area contributed by atoms with Gasteiger partial charge in [-0.25, -0.2) is 18.9 Å².